The van der Waals surface area contributed by atoms with E-state index in [0.29, 0.717) is 19.1 Å². The molecule has 3 rings (SSSR count). The zero-order valence-electron chi connectivity index (χ0n) is 16.5. The van der Waals surface area contributed by atoms with Gasteiger partial charge in [0, 0.05) is 45.0 Å². The molecule has 1 aromatic heterocycles. The molecule has 6 nitrogen and oxygen atoms in total. The van der Waals surface area contributed by atoms with Crippen molar-refractivity contribution in [3.05, 3.63) is 59.8 Å². The minimum absolute atomic E-state index is 0.0699. The van der Waals surface area contributed by atoms with Gasteiger partial charge in [0.05, 0.1) is 13.2 Å². The summed E-state index contributed by atoms with van der Waals surface area (Å²) in [5.41, 5.74) is 2.25. The monoisotopic (exact) mass is 383 g/mol. The fraction of sp³-hybridized carbons (Fsp3) is 0.455. The Hall–Kier alpha value is -2.44. The second-order valence-corrected chi connectivity index (χ2v) is 6.93. The molecule has 28 heavy (non-hydrogen) atoms. The molecule has 0 atom stereocenters. The lowest BCUT2D eigenvalue weighted by Gasteiger charge is -2.22. The van der Waals surface area contributed by atoms with E-state index in [0.717, 1.165) is 50.3 Å². The van der Waals surface area contributed by atoms with Crippen molar-refractivity contribution in [1.29, 1.82) is 0 Å². The van der Waals surface area contributed by atoms with Crippen LogP contribution < -0.4 is 4.74 Å². The van der Waals surface area contributed by atoms with Crippen LogP contribution in [0.2, 0.25) is 0 Å². The number of carbonyl (C=O) groups is 1. The van der Waals surface area contributed by atoms with Crippen LogP contribution >= 0.6 is 0 Å². The number of amides is 1. The number of aromatic nitrogens is 1. The van der Waals surface area contributed by atoms with Gasteiger partial charge in [0.25, 0.3) is 0 Å². The Bertz CT molecular complexity index is 722. The molecule has 0 saturated carbocycles. The minimum Gasteiger partial charge on any atom is -0.478 e. The van der Waals surface area contributed by atoms with Crippen LogP contribution in [0.1, 0.15) is 24.5 Å². The second kappa shape index (κ2) is 10.8. The Morgan fingerprint density at radius 3 is 2.64 bits per heavy atom. The van der Waals surface area contributed by atoms with Gasteiger partial charge in [-0.1, -0.05) is 36.4 Å². The summed E-state index contributed by atoms with van der Waals surface area (Å²) in [6.45, 7) is 7.37. The number of hydrogen-bond acceptors (Lipinski definition) is 5. The quantitative estimate of drug-likeness (QED) is 0.702. The Labute approximate surface area is 167 Å². The average molecular weight is 383 g/mol. The Morgan fingerprint density at radius 1 is 1.04 bits per heavy atom. The third-order valence-electron chi connectivity index (χ3n) is 4.77. The molecule has 1 saturated heterocycles. The van der Waals surface area contributed by atoms with Gasteiger partial charge in [-0.3, -0.25) is 9.69 Å². The lowest BCUT2D eigenvalue weighted by Crippen LogP contribution is -2.37. The van der Waals surface area contributed by atoms with E-state index in [1.165, 1.54) is 0 Å². The van der Waals surface area contributed by atoms with Gasteiger partial charge in [0.2, 0.25) is 11.8 Å². The van der Waals surface area contributed by atoms with Gasteiger partial charge in [0.1, 0.15) is 6.61 Å². The molecule has 0 aliphatic carbocycles. The minimum atomic E-state index is 0.0699. The maximum Gasteiger partial charge on any atom is 0.248 e. The molecule has 0 unspecified atom stereocenters. The molecule has 0 bridgehead atoms. The molecule has 2 aromatic rings. The highest BCUT2D eigenvalue weighted by molar-refractivity contribution is 5.77. The first-order valence-electron chi connectivity index (χ1n) is 9.94. The Morgan fingerprint density at radius 2 is 1.89 bits per heavy atom. The van der Waals surface area contributed by atoms with Crippen molar-refractivity contribution in [3.63, 3.8) is 0 Å². The van der Waals surface area contributed by atoms with Crippen molar-refractivity contribution in [1.82, 2.24) is 14.8 Å². The normalized spacial score (nSPS) is 15.2. The van der Waals surface area contributed by atoms with Crippen LogP contribution in [0.25, 0.3) is 0 Å². The lowest BCUT2D eigenvalue weighted by molar-refractivity contribution is -0.136. The smallest absolute Gasteiger partial charge is 0.248 e. The summed E-state index contributed by atoms with van der Waals surface area (Å²) < 4.78 is 11.0. The van der Waals surface area contributed by atoms with Crippen LogP contribution in [-0.2, 0) is 22.7 Å². The van der Waals surface area contributed by atoms with Crippen LogP contribution in [0.5, 0.6) is 5.88 Å². The molecule has 1 aromatic carbocycles. The van der Waals surface area contributed by atoms with Crippen LogP contribution in [0.4, 0.5) is 0 Å². The van der Waals surface area contributed by atoms with Crippen molar-refractivity contribution in [2.24, 2.45) is 0 Å². The van der Waals surface area contributed by atoms with E-state index in [-0.39, 0.29) is 12.5 Å². The molecule has 0 N–H and O–H groups in total. The van der Waals surface area contributed by atoms with Crippen molar-refractivity contribution in [2.45, 2.75) is 26.5 Å². The molecule has 150 valence electrons. The van der Waals surface area contributed by atoms with Gasteiger partial charge in [-0.2, -0.15) is 0 Å². The van der Waals surface area contributed by atoms with Gasteiger partial charge < -0.3 is 14.4 Å². The molecule has 0 spiro atoms. The topological polar surface area (TPSA) is 54.9 Å². The first-order valence-corrected chi connectivity index (χ1v) is 9.94. The van der Waals surface area contributed by atoms with Crippen LogP contribution in [0.15, 0.2) is 48.7 Å². The summed E-state index contributed by atoms with van der Waals surface area (Å²) in [5, 5.41) is 0. The highest BCUT2D eigenvalue weighted by Crippen LogP contribution is 2.12. The van der Waals surface area contributed by atoms with Gasteiger partial charge in [-0.05, 0) is 24.5 Å². The van der Waals surface area contributed by atoms with E-state index in [2.05, 4.69) is 16.0 Å². The number of carbonyl (C=O) groups excluding carboxylic acids is 1. The molecule has 1 fully saturated rings. The second-order valence-electron chi connectivity index (χ2n) is 6.93. The number of rotatable bonds is 8. The largest absolute Gasteiger partial charge is 0.478 e. The van der Waals surface area contributed by atoms with E-state index >= 15 is 0 Å². The summed E-state index contributed by atoms with van der Waals surface area (Å²) in [5.74, 6) is 0.731. The van der Waals surface area contributed by atoms with Crippen molar-refractivity contribution >= 4 is 5.91 Å². The maximum atomic E-state index is 12.5. The number of hydrogen-bond donors (Lipinski definition) is 0. The van der Waals surface area contributed by atoms with Gasteiger partial charge in [-0.25, -0.2) is 4.98 Å². The lowest BCUT2D eigenvalue weighted by atomic mass is 10.2. The van der Waals surface area contributed by atoms with Gasteiger partial charge >= 0.3 is 0 Å². The predicted molar refractivity (Wildman–Crippen MR) is 108 cm³/mol. The van der Waals surface area contributed by atoms with Gasteiger partial charge in [0.15, 0.2) is 0 Å². The first kappa shape index (κ1) is 20.3. The molecule has 6 heteroatoms. The number of benzene rings is 1. The fourth-order valence-corrected chi connectivity index (χ4v) is 3.30. The fourth-order valence-electron chi connectivity index (χ4n) is 3.30. The third kappa shape index (κ3) is 6.32. The summed E-state index contributed by atoms with van der Waals surface area (Å²) >= 11 is 0. The van der Waals surface area contributed by atoms with Crippen molar-refractivity contribution < 1.29 is 14.3 Å². The Kier molecular flexibility index (Phi) is 7.82. The molecule has 0 radical (unpaired) electrons. The maximum absolute atomic E-state index is 12.5. The first-order chi connectivity index (χ1) is 13.7. The summed E-state index contributed by atoms with van der Waals surface area (Å²) in [6.07, 6.45) is 2.84. The van der Waals surface area contributed by atoms with Crippen molar-refractivity contribution in [3.8, 4) is 5.88 Å². The standard InChI is InChI=1S/C22H29N3O3/c1-2-28-21-10-9-20(15-23-21)16-24-11-6-12-25(14-13-24)22(26)18-27-17-19-7-4-3-5-8-19/h3-5,7-10,15H,2,6,11-14,16-18H2,1H3. The molecular formula is C22H29N3O3. The number of ether oxygens (including phenoxy) is 2. The van der Waals surface area contributed by atoms with E-state index < -0.39 is 0 Å². The molecule has 1 amide bonds. The number of pyridine rings is 1. The zero-order chi connectivity index (χ0) is 19.6. The molecule has 1 aliphatic heterocycles. The van der Waals surface area contributed by atoms with Crippen LogP contribution in [-0.4, -0.2) is 60.1 Å². The molecule has 1 aliphatic rings. The third-order valence-corrected chi connectivity index (χ3v) is 4.77. The number of nitrogens with zero attached hydrogens (tertiary/aromatic N) is 3. The highest BCUT2D eigenvalue weighted by Gasteiger charge is 2.19. The zero-order valence-corrected chi connectivity index (χ0v) is 16.5. The van der Waals surface area contributed by atoms with Crippen LogP contribution in [0.3, 0.4) is 0 Å². The van der Waals surface area contributed by atoms with Crippen molar-refractivity contribution in [2.75, 3.05) is 39.4 Å². The molecule has 2 heterocycles. The van der Waals surface area contributed by atoms with Crippen LogP contribution in [0, 0.1) is 0 Å². The summed E-state index contributed by atoms with van der Waals surface area (Å²) in [7, 11) is 0. The Balaban J connectivity index is 1.41. The van der Waals surface area contributed by atoms with E-state index in [1.807, 2.05) is 54.4 Å². The summed E-state index contributed by atoms with van der Waals surface area (Å²) in [4.78, 5) is 21.1. The van der Waals surface area contributed by atoms with E-state index in [1.54, 1.807) is 0 Å². The summed E-state index contributed by atoms with van der Waals surface area (Å²) in [6, 6.07) is 13.9. The average Bonchev–Trinajstić information content (AvgIpc) is 2.96. The van der Waals surface area contributed by atoms with E-state index in [9.17, 15) is 4.79 Å². The highest BCUT2D eigenvalue weighted by atomic mass is 16.5. The SMILES string of the molecule is CCOc1ccc(CN2CCCN(C(=O)COCc3ccccc3)CC2)cn1. The van der Waals surface area contributed by atoms with Gasteiger partial charge in [-0.15, -0.1) is 0 Å². The molecular weight excluding hydrogens is 354 g/mol. The predicted octanol–water partition coefficient (Wildman–Crippen LogP) is 2.73. The van der Waals surface area contributed by atoms with E-state index in [4.69, 9.17) is 9.47 Å².